The summed E-state index contributed by atoms with van der Waals surface area (Å²) in [6, 6.07) is 6.05. The van der Waals surface area contributed by atoms with Gasteiger partial charge >= 0.3 is 0 Å². The number of nitrogens with one attached hydrogen (secondary N) is 1. The molecular formula is C20H28N6O. The summed E-state index contributed by atoms with van der Waals surface area (Å²) in [6.07, 6.45) is 7.02. The quantitative estimate of drug-likeness (QED) is 0.810. The highest BCUT2D eigenvalue weighted by molar-refractivity contribution is 5.78. The molecule has 7 nitrogen and oxygen atoms in total. The van der Waals surface area contributed by atoms with Gasteiger partial charge in [-0.25, -0.2) is 9.97 Å². The van der Waals surface area contributed by atoms with Gasteiger partial charge in [0.1, 0.15) is 11.6 Å². The van der Waals surface area contributed by atoms with Gasteiger partial charge in [0.15, 0.2) is 0 Å². The number of aromatic nitrogens is 3. The highest BCUT2D eigenvalue weighted by Gasteiger charge is 2.24. The zero-order valence-electron chi connectivity index (χ0n) is 16.1. The Balaban J connectivity index is 1.55. The van der Waals surface area contributed by atoms with Crippen LogP contribution in [0.2, 0.25) is 0 Å². The van der Waals surface area contributed by atoms with Crippen molar-refractivity contribution in [1.29, 1.82) is 0 Å². The average Bonchev–Trinajstić information content (AvgIpc) is 2.70. The summed E-state index contributed by atoms with van der Waals surface area (Å²) in [4.78, 5) is 29.5. The summed E-state index contributed by atoms with van der Waals surface area (Å²) >= 11 is 0. The van der Waals surface area contributed by atoms with Crippen LogP contribution in [0.25, 0.3) is 0 Å². The van der Waals surface area contributed by atoms with Crippen molar-refractivity contribution in [3.8, 4) is 0 Å². The predicted octanol–water partition coefficient (Wildman–Crippen LogP) is 2.66. The van der Waals surface area contributed by atoms with Crippen LogP contribution in [0.15, 0.2) is 36.8 Å². The largest absolute Gasteiger partial charge is 0.342 e. The summed E-state index contributed by atoms with van der Waals surface area (Å²) in [5, 5.41) is 3.20. The van der Waals surface area contributed by atoms with Gasteiger partial charge in [-0.1, -0.05) is 6.07 Å². The van der Waals surface area contributed by atoms with Crippen LogP contribution in [0.5, 0.6) is 0 Å². The lowest BCUT2D eigenvalue weighted by atomic mass is 9.93. The maximum atomic E-state index is 12.3. The van der Waals surface area contributed by atoms with Crippen molar-refractivity contribution in [2.24, 2.45) is 0 Å². The molecule has 1 amide bonds. The number of hydrogen-bond donors (Lipinski definition) is 1. The lowest BCUT2D eigenvalue weighted by Gasteiger charge is -2.32. The summed E-state index contributed by atoms with van der Waals surface area (Å²) in [5.74, 6) is 2.12. The second kappa shape index (κ2) is 9.41. The van der Waals surface area contributed by atoms with Gasteiger partial charge in [0.25, 0.3) is 0 Å². The van der Waals surface area contributed by atoms with E-state index in [9.17, 15) is 4.79 Å². The van der Waals surface area contributed by atoms with Crippen LogP contribution in [0.4, 0.5) is 11.6 Å². The molecule has 1 N–H and O–H groups in total. The van der Waals surface area contributed by atoms with E-state index in [2.05, 4.69) is 26.3 Å². The Morgan fingerprint density at radius 1 is 1.19 bits per heavy atom. The zero-order valence-corrected chi connectivity index (χ0v) is 16.1. The van der Waals surface area contributed by atoms with Crippen LogP contribution in [0.1, 0.15) is 38.3 Å². The number of pyridine rings is 1. The Morgan fingerprint density at radius 3 is 2.63 bits per heavy atom. The molecule has 144 valence electrons. The molecule has 0 aliphatic carbocycles. The molecule has 0 bridgehead atoms. The van der Waals surface area contributed by atoms with Gasteiger partial charge in [0.2, 0.25) is 5.91 Å². The molecule has 2 aromatic rings. The minimum absolute atomic E-state index is 0.228. The summed E-state index contributed by atoms with van der Waals surface area (Å²) in [5.41, 5.74) is 1.10. The number of carbonyl (C=O) groups excluding carboxylic acids is 1. The van der Waals surface area contributed by atoms with E-state index in [-0.39, 0.29) is 5.91 Å². The second-order valence-electron chi connectivity index (χ2n) is 6.78. The van der Waals surface area contributed by atoms with Crippen LogP contribution >= 0.6 is 0 Å². The second-order valence-corrected chi connectivity index (χ2v) is 6.78. The van der Waals surface area contributed by atoms with Crippen molar-refractivity contribution in [2.45, 2.75) is 32.6 Å². The van der Waals surface area contributed by atoms with E-state index < -0.39 is 0 Å². The normalized spacial score (nSPS) is 15.5. The lowest BCUT2D eigenvalue weighted by molar-refractivity contribution is -0.132. The molecule has 1 aliphatic heterocycles. The van der Waals surface area contributed by atoms with Crippen molar-refractivity contribution in [3.63, 3.8) is 0 Å². The molecule has 0 aromatic carbocycles. The number of hydrogen-bond acceptors (Lipinski definition) is 6. The maximum Gasteiger partial charge on any atom is 0.236 e. The Bertz CT molecular complexity index is 726. The topological polar surface area (TPSA) is 74.2 Å². The first-order valence-electron chi connectivity index (χ1n) is 9.69. The van der Waals surface area contributed by atoms with Crippen LogP contribution in [-0.4, -0.2) is 63.4 Å². The van der Waals surface area contributed by atoms with Gasteiger partial charge < -0.3 is 10.2 Å². The number of carbonyl (C=O) groups is 1. The number of anilines is 2. The fourth-order valence-corrected chi connectivity index (χ4v) is 3.50. The van der Waals surface area contributed by atoms with Crippen LogP contribution < -0.4 is 5.32 Å². The SMILES string of the molecule is CCN(CC)C(=O)CN1CCC(c2cccc(Nc3cnccn3)n2)CC1. The van der Waals surface area contributed by atoms with Gasteiger partial charge in [0.05, 0.1) is 12.7 Å². The smallest absolute Gasteiger partial charge is 0.236 e. The van der Waals surface area contributed by atoms with Crippen LogP contribution in [0.3, 0.4) is 0 Å². The molecule has 1 fully saturated rings. The number of likely N-dealkylation sites (N-methyl/N-ethyl adjacent to an activating group) is 1. The number of amides is 1. The zero-order chi connectivity index (χ0) is 19.1. The Kier molecular flexibility index (Phi) is 6.70. The summed E-state index contributed by atoms with van der Waals surface area (Å²) in [7, 11) is 0. The molecule has 0 spiro atoms. The van der Waals surface area contributed by atoms with Crippen molar-refractivity contribution >= 4 is 17.5 Å². The van der Waals surface area contributed by atoms with E-state index in [0.717, 1.165) is 50.5 Å². The standard InChI is InChI=1S/C20H28N6O/c1-3-26(4-2)20(27)15-25-12-8-16(9-13-25)17-6-5-7-18(23-17)24-19-14-21-10-11-22-19/h5-7,10-11,14,16H,3-4,8-9,12-13,15H2,1-2H3,(H,22,23,24). The molecule has 1 aliphatic rings. The van der Waals surface area contributed by atoms with Gasteiger partial charge in [-0.2, -0.15) is 0 Å². The molecule has 7 heteroatoms. The molecule has 1 saturated heterocycles. The molecule has 2 aromatic heterocycles. The highest BCUT2D eigenvalue weighted by Crippen LogP contribution is 2.27. The first-order chi connectivity index (χ1) is 13.2. The third kappa shape index (κ3) is 5.23. The Labute approximate surface area is 160 Å². The van der Waals surface area contributed by atoms with E-state index >= 15 is 0 Å². The van der Waals surface area contributed by atoms with Gasteiger partial charge in [0, 0.05) is 37.1 Å². The third-order valence-corrected chi connectivity index (χ3v) is 5.07. The summed E-state index contributed by atoms with van der Waals surface area (Å²) < 4.78 is 0. The van der Waals surface area contributed by atoms with Crippen LogP contribution in [0, 0.1) is 0 Å². The number of piperidine rings is 1. The molecule has 0 unspecified atom stereocenters. The van der Waals surface area contributed by atoms with E-state index in [1.165, 1.54) is 0 Å². The third-order valence-electron chi connectivity index (χ3n) is 5.07. The molecule has 3 rings (SSSR count). The van der Waals surface area contributed by atoms with Crippen molar-refractivity contribution in [1.82, 2.24) is 24.8 Å². The predicted molar refractivity (Wildman–Crippen MR) is 106 cm³/mol. The van der Waals surface area contributed by atoms with E-state index in [1.807, 2.05) is 30.9 Å². The minimum Gasteiger partial charge on any atom is -0.342 e. The highest BCUT2D eigenvalue weighted by atomic mass is 16.2. The Morgan fingerprint density at radius 2 is 1.96 bits per heavy atom. The maximum absolute atomic E-state index is 12.3. The first kappa shape index (κ1) is 19.2. The monoisotopic (exact) mass is 368 g/mol. The molecular weight excluding hydrogens is 340 g/mol. The van der Waals surface area contributed by atoms with Gasteiger partial charge in [-0.15, -0.1) is 0 Å². The fraction of sp³-hybridized carbons (Fsp3) is 0.500. The van der Waals surface area contributed by atoms with E-state index in [1.54, 1.807) is 18.6 Å². The van der Waals surface area contributed by atoms with Crippen molar-refractivity contribution in [2.75, 3.05) is 38.0 Å². The lowest BCUT2D eigenvalue weighted by Crippen LogP contribution is -2.43. The van der Waals surface area contributed by atoms with Crippen LogP contribution in [-0.2, 0) is 4.79 Å². The molecule has 0 atom stereocenters. The number of rotatable bonds is 7. The van der Waals surface area contributed by atoms with Crippen molar-refractivity contribution in [3.05, 3.63) is 42.5 Å². The summed E-state index contributed by atoms with van der Waals surface area (Å²) in [6.45, 7) is 8.00. The Hall–Kier alpha value is -2.54. The van der Waals surface area contributed by atoms with E-state index in [4.69, 9.17) is 4.98 Å². The first-order valence-corrected chi connectivity index (χ1v) is 9.69. The van der Waals surface area contributed by atoms with Gasteiger partial charge in [-0.05, 0) is 51.9 Å². The molecule has 0 radical (unpaired) electrons. The number of likely N-dealkylation sites (tertiary alicyclic amines) is 1. The molecule has 3 heterocycles. The fourth-order valence-electron chi connectivity index (χ4n) is 3.50. The molecule has 0 saturated carbocycles. The average molecular weight is 368 g/mol. The molecule has 27 heavy (non-hydrogen) atoms. The van der Waals surface area contributed by atoms with Crippen molar-refractivity contribution < 1.29 is 4.79 Å². The van der Waals surface area contributed by atoms with E-state index in [0.29, 0.717) is 18.3 Å². The minimum atomic E-state index is 0.228. The number of nitrogens with zero attached hydrogens (tertiary/aromatic N) is 5. The van der Waals surface area contributed by atoms with Gasteiger partial charge in [-0.3, -0.25) is 14.7 Å².